The van der Waals surface area contributed by atoms with E-state index >= 15 is 0 Å². The summed E-state index contributed by atoms with van der Waals surface area (Å²) in [6, 6.07) is 3.58. The maximum atomic E-state index is 14.0. The zero-order chi connectivity index (χ0) is 18.5. The maximum Gasteiger partial charge on any atom is 0.194 e. The maximum absolute atomic E-state index is 14.0. The molecule has 2 heterocycles. The molecule has 140 valence electrons. The van der Waals surface area contributed by atoms with Crippen LogP contribution >= 0.6 is 0 Å². The molecule has 1 aliphatic heterocycles. The molecule has 0 atom stereocenters. The van der Waals surface area contributed by atoms with Crippen molar-refractivity contribution in [3.05, 3.63) is 47.8 Å². The molecule has 1 aromatic carbocycles. The number of nitrogens with zero attached hydrogens (tertiary/aromatic N) is 5. The van der Waals surface area contributed by atoms with Crippen molar-refractivity contribution in [3.8, 4) is 0 Å². The van der Waals surface area contributed by atoms with Crippen LogP contribution in [0.3, 0.4) is 0 Å². The second kappa shape index (κ2) is 8.16. The summed E-state index contributed by atoms with van der Waals surface area (Å²) in [5.41, 5.74) is 1.37. The lowest BCUT2D eigenvalue weighted by Gasteiger charge is -2.37. The number of aromatic nitrogens is 2. The van der Waals surface area contributed by atoms with Crippen LogP contribution in [0.1, 0.15) is 12.5 Å². The van der Waals surface area contributed by atoms with Gasteiger partial charge in [0.25, 0.3) is 0 Å². The van der Waals surface area contributed by atoms with Gasteiger partial charge < -0.3 is 15.1 Å². The smallest absolute Gasteiger partial charge is 0.194 e. The molecule has 26 heavy (non-hydrogen) atoms. The molecular weight excluding hydrogens is 338 g/mol. The molecule has 1 saturated heterocycles. The summed E-state index contributed by atoms with van der Waals surface area (Å²) < 4.78 is 29.2. The monoisotopic (exact) mass is 362 g/mol. The molecule has 0 bridgehead atoms. The first kappa shape index (κ1) is 18.2. The fourth-order valence-corrected chi connectivity index (χ4v) is 3.03. The molecule has 2 aromatic rings. The van der Waals surface area contributed by atoms with Crippen molar-refractivity contribution in [2.75, 3.05) is 37.6 Å². The summed E-state index contributed by atoms with van der Waals surface area (Å²) in [6.45, 7) is 5.94. The molecule has 1 N–H and O–H groups in total. The molecule has 3 rings (SSSR count). The van der Waals surface area contributed by atoms with Crippen LogP contribution in [-0.2, 0) is 13.6 Å². The Hall–Kier alpha value is -2.64. The number of rotatable bonds is 4. The number of nitrogens with one attached hydrogen (secondary N) is 1. The van der Waals surface area contributed by atoms with E-state index in [9.17, 15) is 8.78 Å². The minimum atomic E-state index is -0.421. The van der Waals surface area contributed by atoms with E-state index in [2.05, 4.69) is 20.3 Å². The normalized spacial score (nSPS) is 15.5. The van der Waals surface area contributed by atoms with Crippen LogP contribution in [0.15, 0.2) is 35.6 Å². The average molecular weight is 362 g/mol. The predicted octanol–water partition coefficient (Wildman–Crippen LogP) is 1.99. The Labute approximate surface area is 152 Å². The molecule has 1 aromatic heterocycles. The number of aliphatic imine (C=N–C) groups is 1. The number of halogens is 2. The van der Waals surface area contributed by atoms with Crippen molar-refractivity contribution in [2.24, 2.45) is 12.0 Å². The average Bonchev–Trinajstić information content (AvgIpc) is 3.06. The van der Waals surface area contributed by atoms with Crippen LogP contribution in [0.2, 0.25) is 0 Å². The van der Waals surface area contributed by atoms with Crippen LogP contribution in [-0.4, -0.2) is 53.4 Å². The number of guanidine groups is 1. The Morgan fingerprint density at radius 1 is 1.23 bits per heavy atom. The van der Waals surface area contributed by atoms with Gasteiger partial charge in [-0.1, -0.05) is 0 Å². The Kier molecular flexibility index (Phi) is 5.70. The summed E-state index contributed by atoms with van der Waals surface area (Å²) in [7, 11) is 1.88. The lowest BCUT2D eigenvalue weighted by molar-refractivity contribution is 0.370. The number of hydrogen-bond donors (Lipinski definition) is 1. The zero-order valence-corrected chi connectivity index (χ0v) is 15.1. The minimum absolute atomic E-state index is 0.321. The van der Waals surface area contributed by atoms with Gasteiger partial charge in [0, 0.05) is 57.6 Å². The molecule has 0 radical (unpaired) electrons. The van der Waals surface area contributed by atoms with Gasteiger partial charge >= 0.3 is 0 Å². The van der Waals surface area contributed by atoms with Crippen molar-refractivity contribution in [1.82, 2.24) is 20.0 Å². The number of anilines is 1. The van der Waals surface area contributed by atoms with E-state index in [0.29, 0.717) is 38.4 Å². The number of aryl methyl sites for hydroxylation is 1. The van der Waals surface area contributed by atoms with Crippen molar-refractivity contribution in [3.63, 3.8) is 0 Å². The molecule has 8 heteroatoms. The molecule has 0 aliphatic carbocycles. The van der Waals surface area contributed by atoms with Crippen LogP contribution in [0.4, 0.5) is 14.5 Å². The van der Waals surface area contributed by atoms with Crippen molar-refractivity contribution >= 4 is 11.6 Å². The zero-order valence-electron chi connectivity index (χ0n) is 15.1. The topological polar surface area (TPSA) is 48.7 Å². The Balaban J connectivity index is 1.65. The third-order valence-corrected chi connectivity index (χ3v) is 4.33. The van der Waals surface area contributed by atoms with E-state index in [4.69, 9.17) is 0 Å². The SMILES string of the molecule is CCNC(=NCc1cnn(C)c1)N1CCN(c2cc(F)ccc2F)CC1. The molecule has 1 aliphatic rings. The molecule has 1 fully saturated rings. The first-order valence-corrected chi connectivity index (χ1v) is 8.77. The molecular formula is C18H24F2N6. The summed E-state index contributed by atoms with van der Waals surface area (Å²) in [4.78, 5) is 8.70. The van der Waals surface area contributed by atoms with Crippen molar-refractivity contribution in [2.45, 2.75) is 13.5 Å². The molecule has 0 spiro atoms. The molecule has 0 amide bonds. The van der Waals surface area contributed by atoms with Crippen LogP contribution < -0.4 is 10.2 Å². The van der Waals surface area contributed by atoms with E-state index in [1.54, 1.807) is 10.9 Å². The van der Waals surface area contributed by atoms with Crippen LogP contribution in [0.5, 0.6) is 0 Å². The number of hydrogen-bond acceptors (Lipinski definition) is 3. The lowest BCUT2D eigenvalue weighted by Crippen LogP contribution is -2.52. The van der Waals surface area contributed by atoms with Gasteiger partial charge in [-0.2, -0.15) is 5.10 Å². The van der Waals surface area contributed by atoms with Gasteiger partial charge in [-0.25, -0.2) is 13.8 Å². The van der Waals surface area contributed by atoms with Gasteiger partial charge in [-0.15, -0.1) is 0 Å². The summed E-state index contributed by atoms with van der Waals surface area (Å²) in [5, 5.41) is 7.45. The highest BCUT2D eigenvalue weighted by Crippen LogP contribution is 2.22. The highest BCUT2D eigenvalue weighted by atomic mass is 19.1. The lowest BCUT2D eigenvalue weighted by atomic mass is 10.2. The van der Waals surface area contributed by atoms with Gasteiger partial charge in [0.15, 0.2) is 5.96 Å². The van der Waals surface area contributed by atoms with E-state index in [1.807, 2.05) is 25.1 Å². The quantitative estimate of drug-likeness (QED) is 0.668. The van der Waals surface area contributed by atoms with Crippen LogP contribution in [0.25, 0.3) is 0 Å². The van der Waals surface area contributed by atoms with Gasteiger partial charge in [0.2, 0.25) is 0 Å². The second-order valence-electron chi connectivity index (χ2n) is 6.26. The van der Waals surface area contributed by atoms with Gasteiger partial charge in [0.05, 0.1) is 18.4 Å². The number of piperazine rings is 1. The van der Waals surface area contributed by atoms with Gasteiger partial charge in [0.1, 0.15) is 11.6 Å². The first-order valence-electron chi connectivity index (χ1n) is 8.77. The van der Waals surface area contributed by atoms with Crippen LogP contribution in [0, 0.1) is 11.6 Å². The predicted molar refractivity (Wildman–Crippen MR) is 98.2 cm³/mol. The summed E-state index contributed by atoms with van der Waals surface area (Å²) in [5.74, 6) is 0.0166. The fraction of sp³-hybridized carbons (Fsp3) is 0.444. The second-order valence-corrected chi connectivity index (χ2v) is 6.26. The minimum Gasteiger partial charge on any atom is -0.366 e. The van der Waals surface area contributed by atoms with E-state index < -0.39 is 11.6 Å². The fourth-order valence-electron chi connectivity index (χ4n) is 3.03. The summed E-state index contributed by atoms with van der Waals surface area (Å²) >= 11 is 0. The van der Waals surface area contributed by atoms with E-state index in [-0.39, 0.29) is 0 Å². The third kappa shape index (κ3) is 4.30. The molecule has 6 nitrogen and oxygen atoms in total. The Morgan fingerprint density at radius 2 is 2.00 bits per heavy atom. The summed E-state index contributed by atoms with van der Waals surface area (Å²) in [6.07, 6.45) is 3.75. The van der Waals surface area contributed by atoms with E-state index in [0.717, 1.165) is 24.1 Å². The van der Waals surface area contributed by atoms with Gasteiger partial charge in [-0.05, 0) is 19.1 Å². The van der Waals surface area contributed by atoms with E-state index in [1.165, 1.54) is 12.1 Å². The van der Waals surface area contributed by atoms with Crippen molar-refractivity contribution in [1.29, 1.82) is 0 Å². The highest BCUT2D eigenvalue weighted by Gasteiger charge is 2.22. The Morgan fingerprint density at radius 3 is 2.65 bits per heavy atom. The first-order chi connectivity index (χ1) is 12.6. The molecule has 0 saturated carbocycles. The third-order valence-electron chi connectivity index (χ3n) is 4.33. The van der Waals surface area contributed by atoms with Gasteiger partial charge in [-0.3, -0.25) is 4.68 Å². The molecule has 0 unspecified atom stereocenters. The largest absolute Gasteiger partial charge is 0.366 e. The standard InChI is InChI=1S/C18H24F2N6/c1-3-21-18(22-11-14-12-23-24(2)13-14)26-8-6-25(7-9-26)17-10-15(19)4-5-16(17)20/h4-5,10,12-13H,3,6-9,11H2,1-2H3,(H,21,22). The Bertz CT molecular complexity index is 765. The van der Waals surface area contributed by atoms with Crippen molar-refractivity contribution < 1.29 is 8.78 Å². The highest BCUT2D eigenvalue weighted by molar-refractivity contribution is 5.80. The number of benzene rings is 1.